The van der Waals surface area contributed by atoms with Crippen molar-refractivity contribution in [2.24, 2.45) is 10.1 Å². The van der Waals surface area contributed by atoms with Crippen LogP contribution in [-0.4, -0.2) is 20.0 Å². The molecule has 108 valence electrons. The van der Waals surface area contributed by atoms with Crippen molar-refractivity contribution in [1.82, 2.24) is 0 Å². The molecule has 0 spiro atoms. The van der Waals surface area contributed by atoms with E-state index in [1.54, 1.807) is 12.2 Å². The van der Waals surface area contributed by atoms with Crippen molar-refractivity contribution < 1.29 is 12.8 Å². The molecular formula is C14H12FN3O2S. The van der Waals surface area contributed by atoms with Crippen LogP contribution in [0.25, 0.3) is 0 Å². The maximum Gasteiger partial charge on any atom is 0.282 e. The number of halogens is 1. The van der Waals surface area contributed by atoms with E-state index in [0.29, 0.717) is 0 Å². The number of nitrogens with one attached hydrogen (secondary N) is 1. The third-order valence-corrected chi connectivity index (χ3v) is 4.08. The molecule has 0 aliphatic heterocycles. The summed E-state index contributed by atoms with van der Waals surface area (Å²) in [7, 11) is -4.02. The third-order valence-electron chi connectivity index (χ3n) is 2.79. The highest BCUT2D eigenvalue weighted by molar-refractivity contribution is 7.90. The number of hydrogen-bond donors (Lipinski definition) is 2. The summed E-state index contributed by atoms with van der Waals surface area (Å²) < 4.78 is 41.5. The summed E-state index contributed by atoms with van der Waals surface area (Å²) in [6, 6.07) is 3.33. The SMILES string of the molecule is N=C=C1C=CC=C/C1=N/S(=O)(=O)c1ccc(F)c(CN)c1. The Morgan fingerprint density at radius 3 is 2.67 bits per heavy atom. The minimum absolute atomic E-state index is 0.0955. The Kier molecular flexibility index (Phi) is 4.28. The second-order valence-electron chi connectivity index (χ2n) is 4.17. The number of nitrogens with two attached hydrogens (primary N) is 1. The molecule has 1 aliphatic carbocycles. The minimum atomic E-state index is -4.02. The van der Waals surface area contributed by atoms with Gasteiger partial charge in [0.05, 0.1) is 16.2 Å². The zero-order chi connectivity index (χ0) is 15.5. The first-order chi connectivity index (χ1) is 9.97. The van der Waals surface area contributed by atoms with Gasteiger partial charge in [-0.1, -0.05) is 12.2 Å². The predicted octanol–water partition coefficient (Wildman–Crippen LogP) is 1.71. The van der Waals surface area contributed by atoms with Crippen LogP contribution in [0.15, 0.2) is 57.4 Å². The van der Waals surface area contributed by atoms with Crippen molar-refractivity contribution >= 4 is 21.6 Å². The molecule has 0 amide bonds. The van der Waals surface area contributed by atoms with Gasteiger partial charge in [0.15, 0.2) is 0 Å². The van der Waals surface area contributed by atoms with Crippen LogP contribution < -0.4 is 5.73 Å². The van der Waals surface area contributed by atoms with Crippen LogP contribution in [0, 0.1) is 11.2 Å². The van der Waals surface area contributed by atoms with E-state index in [1.165, 1.54) is 12.2 Å². The molecule has 0 radical (unpaired) electrons. The molecule has 0 atom stereocenters. The third kappa shape index (κ3) is 3.22. The highest BCUT2D eigenvalue weighted by Crippen LogP contribution is 2.18. The van der Waals surface area contributed by atoms with Crippen molar-refractivity contribution in [2.45, 2.75) is 11.4 Å². The highest BCUT2D eigenvalue weighted by Gasteiger charge is 2.17. The Morgan fingerprint density at radius 2 is 2.00 bits per heavy atom. The lowest BCUT2D eigenvalue weighted by Crippen LogP contribution is -2.08. The molecule has 0 fully saturated rings. The van der Waals surface area contributed by atoms with Crippen molar-refractivity contribution in [3.05, 3.63) is 59.5 Å². The molecule has 0 heterocycles. The summed E-state index contributed by atoms with van der Waals surface area (Å²) in [4.78, 5) is -0.149. The molecule has 0 saturated heterocycles. The van der Waals surface area contributed by atoms with Gasteiger partial charge in [-0.05, 0) is 36.2 Å². The second kappa shape index (κ2) is 5.97. The van der Waals surface area contributed by atoms with Gasteiger partial charge in [-0.15, -0.1) is 0 Å². The summed E-state index contributed by atoms with van der Waals surface area (Å²) >= 11 is 0. The van der Waals surface area contributed by atoms with Crippen molar-refractivity contribution in [1.29, 1.82) is 5.41 Å². The van der Waals surface area contributed by atoms with Gasteiger partial charge < -0.3 is 5.73 Å². The van der Waals surface area contributed by atoms with Gasteiger partial charge in [0.25, 0.3) is 10.0 Å². The zero-order valence-corrected chi connectivity index (χ0v) is 11.7. The Morgan fingerprint density at radius 1 is 1.29 bits per heavy atom. The van der Waals surface area contributed by atoms with Crippen molar-refractivity contribution in [3.8, 4) is 0 Å². The van der Waals surface area contributed by atoms with Gasteiger partial charge in [-0.25, -0.2) is 4.39 Å². The molecule has 2 rings (SSSR count). The van der Waals surface area contributed by atoms with E-state index in [9.17, 15) is 12.8 Å². The first-order valence-electron chi connectivity index (χ1n) is 5.96. The van der Waals surface area contributed by atoms with Crippen LogP contribution in [0.1, 0.15) is 5.56 Å². The van der Waals surface area contributed by atoms with Gasteiger partial charge >= 0.3 is 0 Å². The first kappa shape index (κ1) is 15.1. The van der Waals surface area contributed by atoms with E-state index < -0.39 is 15.8 Å². The average molecular weight is 305 g/mol. The topological polar surface area (TPSA) is 96.4 Å². The van der Waals surface area contributed by atoms with E-state index in [0.717, 1.165) is 18.2 Å². The molecule has 5 nitrogen and oxygen atoms in total. The molecule has 1 aromatic rings. The van der Waals surface area contributed by atoms with Gasteiger partial charge in [0.2, 0.25) is 0 Å². The maximum absolute atomic E-state index is 13.4. The number of rotatable bonds is 3. The van der Waals surface area contributed by atoms with Gasteiger partial charge in [0.1, 0.15) is 5.82 Å². The molecule has 3 N–H and O–H groups in total. The average Bonchev–Trinajstić information content (AvgIpc) is 2.47. The Hall–Kier alpha value is -2.34. The molecule has 7 heteroatoms. The van der Waals surface area contributed by atoms with E-state index in [4.69, 9.17) is 11.1 Å². The van der Waals surface area contributed by atoms with E-state index in [1.807, 2.05) is 0 Å². The Balaban J connectivity index is 2.50. The lowest BCUT2D eigenvalue weighted by Gasteiger charge is -2.06. The summed E-state index contributed by atoms with van der Waals surface area (Å²) in [6.45, 7) is -0.111. The van der Waals surface area contributed by atoms with Crippen LogP contribution in [0.4, 0.5) is 4.39 Å². The number of allylic oxidation sites excluding steroid dienone is 5. The molecule has 0 saturated carbocycles. The van der Waals surface area contributed by atoms with Crippen LogP contribution in [0.3, 0.4) is 0 Å². The zero-order valence-electron chi connectivity index (χ0n) is 10.9. The Bertz CT molecular complexity index is 817. The lowest BCUT2D eigenvalue weighted by atomic mass is 10.1. The summed E-state index contributed by atoms with van der Waals surface area (Å²) in [5.74, 6) is 1.55. The highest BCUT2D eigenvalue weighted by atomic mass is 32.2. The smallest absolute Gasteiger partial charge is 0.282 e. The number of benzene rings is 1. The van der Waals surface area contributed by atoms with Gasteiger partial charge in [-0.2, -0.15) is 12.8 Å². The normalized spacial score (nSPS) is 16.3. The molecule has 1 aromatic carbocycles. The van der Waals surface area contributed by atoms with E-state index in [2.05, 4.69) is 10.3 Å². The number of nitrogens with zero attached hydrogens (tertiary/aromatic N) is 1. The lowest BCUT2D eigenvalue weighted by molar-refractivity contribution is 0.594. The minimum Gasteiger partial charge on any atom is -0.326 e. The van der Waals surface area contributed by atoms with Crippen LogP contribution in [-0.2, 0) is 16.6 Å². The first-order valence-corrected chi connectivity index (χ1v) is 7.40. The fourth-order valence-corrected chi connectivity index (χ4v) is 2.76. The van der Waals surface area contributed by atoms with Crippen LogP contribution >= 0.6 is 0 Å². The van der Waals surface area contributed by atoms with Crippen molar-refractivity contribution in [3.63, 3.8) is 0 Å². The monoisotopic (exact) mass is 305 g/mol. The quantitative estimate of drug-likeness (QED) is 0.832. The maximum atomic E-state index is 13.4. The van der Waals surface area contributed by atoms with Crippen LogP contribution in [0.2, 0.25) is 0 Å². The number of sulfonamides is 1. The largest absolute Gasteiger partial charge is 0.326 e. The predicted molar refractivity (Wildman–Crippen MR) is 78.4 cm³/mol. The summed E-state index contributed by atoms with van der Waals surface area (Å²) in [5.41, 5.74) is 5.81. The fourth-order valence-electron chi connectivity index (χ4n) is 1.71. The summed E-state index contributed by atoms with van der Waals surface area (Å²) in [5, 5.41) is 7.12. The molecular weight excluding hydrogens is 293 g/mol. The molecule has 0 bridgehead atoms. The molecule has 0 aromatic heterocycles. The second-order valence-corrected chi connectivity index (χ2v) is 5.77. The van der Waals surface area contributed by atoms with Crippen molar-refractivity contribution in [2.75, 3.05) is 0 Å². The van der Waals surface area contributed by atoms with Gasteiger partial charge in [0, 0.05) is 12.1 Å². The van der Waals surface area contributed by atoms with E-state index in [-0.39, 0.29) is 28.3 Å². The number of hydrogen-bond acceptors (Lipinski definition) is 4. The van der Waals surface area contributed by atoms with E-state index >= 15 is 0 Å². The Labute approximate surface area is 121 Å². The fraction of sp³-hybridized carbons (Fsp3) is 0.0714. The molecule has 1 aliphatic rings. The van der Waals surface area contributed by atoms with Gasteiger partial charge in [-0.3, -0.25) is 5.41 Å². The molecule has 21 heavy (non-hydrogen) atoms. The summed E-state index contributed by atoms with van der Waals surface area (Å²) in [6.07, 6.45) is 6.23. The van der Waals surface area contributed by atoms with Crippen LogP contribution in [0.5, 0.6) is 0 Å². The molecule has 0 unspecified atom stereocenters. The standard InChI is InChI=1S/C14H12FN3O2S/c15-13-6-5-12(7-11(13)9-17)21(19,20)18-14-4-2-1-3-10(14)8-16/h1-7,16H,9,17H2/b18-14-.